The topological polar surface area (TPSA) is 86.9 Å². The summed E-state index contributed by atoms with van der Waals surface area (Å²) in [5.41, 5.74) is 3.41. The maximum absolute atomic E-state index is 11.6. The van der Waals surface area contributed by atoms with Crippen LogP contribution in [0.15, 0.2) is 18.5 Å². The van der Waals surface area contributed by atoms with Gasteiger partial charge in [0.2, 0.25) is 11.8 Å². The van der Waals surface area contributed by atoms with Crippen molar-refractivity contribution in [3.63, 3.8) is 0 Å². The fraction of sp³-hybridized carbons (Fsp3) is 0.524. The van der Waals surface area contributed by atoms with Crippen LogP contribution in [-0.4, -0.2) is 43.1 Å². The van der Waals surface area contributed by atoms with E-state index in [2.05, 4.69) is 36.3 Å². The van der Waals surface area contributed by atoms with Gasteiger partial charge in [0.15, 0.2) is 0 Å². The van der Waals surface area contributed by atoms with E-state index in [9.17, 15) is 4.79 Å². The van der Waals surface area contributed by atoms with Gasteiger partial charge >= 0.3 is 0 Å². The molecule has 0 bridgehead atoms. The summed E-state index contributed by atoms with van der Waals surface area (Å²) in [4.78, 5) is 16.4. The fourth-order valence-electron chi connectivity index (χ4n) is 3.61. The second-order valence-electron chi connectivity index (χ2n) is 8.85. The molecule has 1 unspecified atom stereocenters. The molecule has 1 aliphatic heterocycles. The predicted octanol–water partition coefficient (Wildman–Crippen LogP) is 2.80. The van der Waals surface area contributed by atoms with Gasteiger partial charge < -0.3 is 10.1 Å². The van der Waals surface area contributed by atoms with Crippen LogP contribution in [0.2, 0.25) is 0 Å². The van der Waals surface area contributed by atoms with Crippen molar-refractivity contribution in [1.82, 2.24) is 29.9 Å². The number of nitrogens with one attached hydrogen (secondary N) is 1. The number of amides is 1. The standard InChI is InChI=1S/C21H28N6O2/c1-12-19-17(25-26(12)6)8-16(15-10-23-27(11-15)21(3,4)5)24-20(19)29-13(2)14-7-18(28)22-9-14/h8,10-11,13-14H,7,9H2,1-6H3,(H,22,28)/t13?,14-/m1/s1. The largest absolute Gasteiger partial charge is 0.474 e. The maximum Gasteiger partial charge on any atom is 0.225 e. The molecule has 1 fully saturated rings. The van der Waals surface area contributed by atoms with Crippen LogP contribution in [0.1, 0.15) is 39.8 Å². The first kappa shape index (κ1) is 19.4. The molecule has 4 heterocycles. The van der Waals surface area contributed by atoms with Crippen molar-refractivity contribution >= 4 is 16.8 Å². The highest BCUT2D eigenvalue weighted by atomic mass is 16.5. The van der Waals surface area contributed by atoms with Crippen LogP contribution in [0.4, 0.5) is 0 Å². The average molecular weight is 396 g/mol. The first-order valence-electron chi connectivity index (χ1n) is 9.96. The first-order valence-corrected chi connectivity index (χ1v) is 9.96. The molecular formula is C21H28N6O2. The summed E-state index contributed by atoms with van der Waals surface area (Å²) < 4.78 is 10.1. The summed E-state index contributed by atoms with van der Waals surface area (Å²) in [6.45, 7) is 11.0. The van der Waals surface area contributed by atoms with E-state index in [0.29, 0.717) is 18.8 Å². The molecule has 0 saturated carbocycles. The van der Waals surface area contributed by atoms with Gasteiger partial charge in [0.1, 0.15) is 11.6 Å². The molecule has 1 aliphatic rings. The molecule has 154 valence electrons. The lowest BCUT2D eigenvalue weighted by molar-refractivity contribution is -0.119. The van der Waals surface area contributed by atoms with Crippen LogP contribution in [0, 0.1) is 12.8 Å². The summed E-state index contributed by atoms with van der Waals surface area (Å²) in [7, 11) is 1.92. The molecule has 1 N–H and O–H groups in total. The van der Waals surface area contributed by atoms with Gasteiger partial charge in [-0.15, -0.1) is 0 Å². The lowest BCUT2D eigenvalue weighted by Crippen LogP contribution is -2.26. The maximum atomic E-state index is 11.6. The minimum Gasteiger partial charge on any atom is -0.474 e. The van der Waals surface area contributed by atoms with Crippen molar-refractivity contribution in [2.45, 2.75) is 52.7 Å². The van der Waals surface area contributed by atoms with Gasteiger partial charge in [-0.2, -0.15) is 10.2 Å². The molecule has 1 saturated heterocycles. The molecular weight excluding hydrogens is 368 g/mol. The average Bonchev–Trinajstić information content (AvgIpc) is 3.34. The number of ether oxygens (including phenoxy) is 1. The van der Waals surface area contributed by atoms with Gasteiger partial charge in [-0.1, -0.05) is 0 Å². The summed E-state index contributed by atoms with van der Waals surface area (Å²) in [5, 5.41) is 12.9. The number of rotatable bonds is 4. The molecule has 0 spiro atoms. The van der Waals surface area contributed by atoms with E-state index in [-0.39, 0.29) is 23.5 Å². The fourth-order valence-corrected chi connectivity index (χ4v) is 3.61. The second kappa shape index (κ2) is 6.86. The Balaban J connectivity index is 1.75. The first-order chi connectivity index (χ1) is 13.6. The van der Waals surface area contributed by atoms with Crippen LogP contribution in [-0.2, 0) is 17.4 Å². The Morgan fingerprint density at radius 1 is 1.34 bits per heavy atom. The number of hydrogen-bond donors (Lipinski definition) is 1. The van der Waals surface area contributed by atoms with E-state index in [1.807, 2.05) is 48.7 Å². The Labute approximate surface area is 170 Å². The predicted molar refractivity (Wildman–Crippen MR) is 111 cm³/mol. The van der Waals surface area contributed by atoms with Crippen molar-refractivity contribution in [3.8, 4) is 17.1 Å². The van der Waals surface area contributed by atoms with E-state index < -0.39 is 0 Å². The molecule has 3 aromatic rings. The van der Waals surface area contributed by atoms with Gasteiger partial charge in [-0.05, 0) is 40.7 Å². The number of fused-ring (bicyclic) bond motifs is 1. The van der Waals surface area contributed by atoms with Crippen molar-refractivity contribution in [2.24, 2.45) is 13.0 Å². The van der Waals surface area contributed by atoms with Gasteiger partial charge in [0.25, 0.3) is 0 Å². The molecule has 1 amide bonds. The lowest BCUT2D eigenvalue weighted by atomic mass is 10.0. The van der Waals surface area contributed by atoms with E-state index in [4.69, 9.17) is 9.72 Å². The highest BCUT2D eigenvalue weighted by Gasteiger charge is 2.29. The van der Waals surface area contributed by atoms with Crippen molar-refractivity contribution in [3.05, 3.63) is 24.2 Å². The molecule has 3 aromatic heterocycles. The molecule has 2 atom stereocenters. The highest BCUT2D eigenvalue weighted by Crippen LogP contribution is 2.33. The zero-order valence-electron chi connectivity index (χ0n) is 17.9. The second-order valence-corrected chi connectivity index (χ2v) is 8.85. The number of pyridine rings is 1. The van der Waals surface area contributed by atoms with E-state index in [1.165, 1.54) is 0 Å². The third-order valence-electron chi connectivity index (χ3n) is 5.61. The lowest BCUT2D eigenvalue weighted by Gasteiger charge is -2.20. The van der Waals surface area contributed by atoms with Crippen LogP contribution in [0.3, 0.4) is 0 Å². The Morgan fingerprint density at radius 3 is 2.72 bits per heavy atom. The number of carbonyl (C=O) groups excluding carboxylic acids is 1. The molecule has 8 nitrogen and oxygen atoms in total. The smallest absolute Gasteiger partial charge is 0.225 e. The third kappa shape index (κ3) is 3.59. The molecule has 4 rings (SSSR count). The van der Waals surface area contributed by atoms with Crippen LogP contribution < -0.4 is 10.1 Å². The van der Waals surface area contributed by atoms with Gasteiger partial charge in [0.05, 0.1) is 22.8 Å². The van der Waals surface area contributed by atoms with E-state index in [0.717, 1.165) is 27.9 Å². The van der Waals surface area contributed by atoms with Crippen LogP contribution >= 0.6 is 0 Å². The van der Waals surface area contributed by atoms with Gasteiger partial charge in [-0.3, -0.25) is 14.2 Å². The zero-order chi connectivity index (χ0) is 20.9. The quantitative estimate of drug-likeness (QED) is 0.733. The Bertz CT molecular complexity index is 1070. The summed E-state index contributed by atoms with van der Waals surface area (Å²) in [6.07, 6.45) is 4.16. The monoisotopic (exact) mass is 396 g/mol. The number of nitrogens with zero attached hydrogens (tertiary/aromatic N) is 5. The Hall–Kier alpha value is -2.90. The Kier molecular flexibility index (Phi) is 4.59. The number of aryl methyl sites for hydroxylation is 2. The number of carbonyl (C=O) groups is 1. The minimum absolute atomic E-state index is 0.0736. The van der Waals surface area contributed by atoms with E-state index >= 15 is 0 Å². The SMILES string of the molecule is Cc1c2c(OC(C)[C@H]3CNC(=O)C3)nc(-c3cnn(C(C)(C)C)c3)cc2nn1C. The van der Waals surface area contributed by atoms with Crippen molar-refractivity contribution in [1.29, 1.82) is 0 Å². The van der Waals surface area contributed by atoms with Crippen LogP contribution in [0.5, 0.6) is 5.88 Å². The summed E-state index contributed by atoms with van der Waals surface area (Å²) >= 11 is 0. The highest BCUT2D eigenvalue weighted by molar-refractivity contribution is 5.89. The molecule has 0 aromatic carbocycles. The normalized spacial score (nSPS) is 18.3. The third-order valence-corrected chi connectivity index (χ3v) is 5.61. The van der Waals surface area contributed by atoms with Crippen molar-refractivity contribution in [2.75, 3.05) is 6.54 Å². The molecule has 0 aliphatic carbocycles. The van der Waals surface area contributed by atoms with Gasteiger partial charge in [-0.25, -0.2) is 4.98 Å². The minimum atomic E-state index is -0.142. The Morgan fingerprint density at radius 2 is 2.10 bits per heavy atom. The number of aromatic nitrogens is 5. The molecule has 0 radical (unpaired) electrons. The molecule has 8 heteroatoms. The van der Waals surface area contributed by atoms with Crippen molar-refractivity contribution < 1.29 is 9.53 Å². The summed E-state index contributed by atoms with van der Waals surface area (Å²) in [6, 6.07) is 1.98. The zero-order valence-corrected chi connectivity index (χ0v) is 17.9. The molecule has 29 heavy (non-hydrogen) atoms. The number of hydrogen-bond acceptors (Lipinski definition) is 5. The van der Waals surface area contributed by atoms with E-state index in [1.54, 1.807) is 0 Å². The summed E-state index contributed by atoms with van der Waals surface area (Å²) in [5.74, 6) is 0.756. The van der Waals surface area contributed by atoms with Gasteiger partial charge in [0, 0.05) is 43.4 Å². The van der Waals surface area contributed by atoms with Crippen LogP contribution in [0.25, 0.3) is 22.2 Å².